The molecule has 14 heavy (non-hydrogen) atoms. The molecular formula is C12H19NO. The molecule has 2 heteroatoms. The minimum atomic E-state index is 0.778. The molecule has 0 aromatic heterocycles. The van der Waals surface area contributed by atoms with Gasteiger partial charge in [-0.15, -0.1) is 0 Å². The van der Waals surface area contributed by atoms with Crippen LogP contribution in [0.3, 0.4) is 0 Å². The molecule has 0 amide bonds. The van der Waals surface area contributed by atoms with Crippen molar-refractivity contribution in [3.8, 4) is 5.75 Å². The fraction of sp³-hybridized carbons (Fsp3) is 0.500. The van der Waals surface area contributed by atoms with E-state index in [2.05, 4.69) is 18.3 Å². The Morgan fingerprint density at radius 3 is 2.86 bits per heavy atom. The number of ether oxygens (including phenoxy) is 1. The molecule has 0 fully saturated rings. The lowest BCUT2D eigenvalue weighted by Gasteiger charge is -2.21. The molecule has 1 aromatic carbocycles. The molecule has 0 spiro atoms. The van der Waals surface area contributed by atoms with Crippen molar-refractivity contribution in [2.75, 3.05) is 18.5 Å². The Bertz CT molecular complexity index is 269. The predicted molar refractivity (Wildman–Crippen MR) is 61.2 cm³/mol. The van der Waals surface area contributed by atoms with E-state index in [0.717, 1.165) is 25.3 Å². The van der Waals surface area contributed by atoms with Crippen molar-refractivity contribution in [1.82, 2.24) is 0 Å². The number of hydrogen-bond donors (Lipinski definition) is 1. The average Bonchev–Trinajstić information content (AvgIpc) is 2.31. The van der Waals surface area contributed by atoms with Gasteiger partial charge < -0.3 is 10.1 Å². The molecule has 1 aromatic rings. The average molecular weight is 193 g/mol. The maximum atomic E-state index is 5.50. The highest BCUT2D eigenvalue weighted by Crippen LogP contribution is 2.30. The first kappa shape index (κ1) is 10.9. The van der Waals surface area contributed by atoms with Gasteiger partial charge in [-0.3, -0.25) is 0 Å². The van der Waals surface area contributed by atoms with Crippen molar-refractivity contribution >= 4 is 5.69 Å². The van der Waals surface area contributed by atoms with E-state index in [1.807, 2.05) is 26.0 Å². The van der Waals surface area contributed by atoms with Crippen molar-refractivity contribution in [2.45, 2.75) is 27.2 Å². The van der Waals surface area contributed by atoms with Crippen molar-refractivity contribution in [3.05, 3.63) is 23.8 Å². The molecule has 0 aliphatic carbocycles. The zero-order valence-electron chi connectivity index (χ0n) is 9.26. The van der Waals surface area contributed by atoms with Crippen LogP contribution in [0.2, 0.25) is 0 Å². The SMILES string of the molecule is CC.CCc1cccc2c1NCCO2. The maximum absolute atomic E-state index is 5.50. The summed E-state index contributed by atoms with van der Waals surface area (Å²) in [5.74, 6) is 1.00. The molecule has 78 valence electrons. The summed E-state index contributed by atoms with van der Waals surface area (Å²) in [6.07, 6.45) is 1.06. The fourth-order valence-corrected chi connectivity index (χ4v) is 1.53. The van der Waals surface area contributed by atoms with Crippen molar-refractivity contribution in [2.24, 2.45) is 0 Å². The zero-order valence-corrected chi connectivity index (χ0v) is 9.26. The zero-order chi connectivity index (χ0) is 10.4. The van der Waals surface area contributed by atoms with E-state index in [4.69, 9.17) is 4.74 Å². The first-order chi connectivity index (χ1) is 6.92. The molecule has 1 aliphatic rings. The van der Waals surface area contributed by atoms with E-state index in [-0.39, 0.29) is 0 Å². The van der Waals surface area contributed by atoms with Crippen LogP contribution in [0.4, 0.5) is 5.69 Å². The molecule has 2 rings (SSSR count). The Balaban J connectivity index is 0.000000461. The van der Waals surface area contributed by atoms with Gasteiger partial charge in [-0.25, -0.2) is 0 Å². The van der Waals surface area contributed by atoms with E-state index in [1.165, 1.54) is 11.3 Å². The van der Waals surface area contributed by atoms with Crippen LogP contribution in [0.15, 0.2) is 18.2 Å². The molecular weight excluding hydrogens is 174 g/mol. The molecule has 2 nitrogen and oxygen atoms in total. The molecule has 1 N–H and O–H groups in total. The number of para-hydroxylation sites is 1. The summed E-state index contributed by atoms with van der Waals surface area (Å²) in [4.78, 5) is 0. The second kappa shape index (κ2) is 5.53. The van der Waals surface area contributed by atoms with Crippen LogP contribution in [-0.4, -0.2) is 13.2 Å². The highest BCUT2D eigenvalue weighted by molar-refractivity contribution is 5.63. The van der Waals surface area contributed by atoms with Gasteiger partial charge in [0, 0.05) is 6.54 Å². The Labute approximate surface area is 86.3 Å². The number of anilines is 1. The number of rotatable bonds is 1. The van der Waals surface area contributed by atoms with Gasteiger partial charge in [0.2, 0.25) is 0 Å². The van der Waals surface area contributed by atoms with Crippen LogP contribution < -0.4 is 10.1 Å². The summed E-state index contributed by atoms with van der Waals surface area (Å²) in [5, 5.41) is 3.36. The Kier molecular flexibility index (Phi) is 4.30. The summed E-state index contributed by atoms with van der Waals surface area (Å²) in [5.41, 5.74) is 2.53. The van der Waals surface area contributed by atoms with Crippen molar-refractivity contribution < 1.29 is 4.74 Å². The van der Waals surface area contributed by atoms with Gasteiger partial charge in [-0.05, 0) is 18.1 Å². The Morgan fingerprint density at radius 2 is 2.14 bits per heavy atom. The van der Waals surface area contributed by atoms with E-state index < -0.39 is 0 Å². The summed E-state index contributed by atoms with van der Waals surface area (Å²) in [6.45, 7) is 7.86. The van der Waals surface area contributed by atoms with Crippen LogP contribution in [0.5, 0.6) is 5.75 Å². The molecule has 0 unspecified atom stereocenters. The summed E-state index contributed by atoms with van der Waals surface area (Å²) in [6, 6.07) is 6.20. The Morgan fingerprint density at radius 1 is 1.36 bits per heavy atom. The topological polar surface area (TPSA) is 21.3 Å². The molecule has 0 saturated heterocycles. The standard InChI is InChI=1S/C10H13NO.C2H6/c1-2-8-4-3-5-9-10(8)11-6-7-12-9;1-2/h3-5,11H,2,6-7H2,1H3;1-2H3. The van der Waals surface area contributed by atoms with Crippen LogP contribution in [0.1, 0.15) is 26.3 Å². The van der Waals surface area contributed by atoms with Crippen LogP contribution in [-0.2, 0) is 6.42 Å². The first-order valence-corrected chi connectivity index (χ1v) is 5.40. The normalized spacial score (nSPS) is 12.8. The van der Waals surface area contributed by atoms with E-state index >= 15 is 0 Å². The molecule has 0 saturated carbocycles. The molecule has 0 atom stereocenters. The van der Waals surface area contributed by atoms with Gasteiger partial charge in [-0.2, -0.15) is 0 Å². The number of hydrogen-bond acceptors (Lipinski definition) is 2. The predicted octanol–water partition coefficient (Wildman–Crippen LogP) is 3.08. The first-order valence-electron chi connectivity index (χ1n) is 5.40. The minimum absolute atomic E-state index is 0.778. The third kappa shape index (κ3) is 2.19. The van der Waals surface area contributed by atoms with Gasteiger partial charge in [0.05, 0.1) is 5.69 Å². The smallest absolute Gasteiger partial charge is 0.142 e. The van der Waals surface area contributed by atoms with Crippen LogP contribution in [0.25, 0.3) is 0 Å². The molecule has 0 bridgehead atoms. The van der Waals surface area contributed by atoms with Gasteiger partial charge in [0.15, 0.2) is 0 Å². The number of fused-ring (bicyclic) bond motifs is 1. The van der Waals surface area contributed by atoms with E-state index in [1.54, 1.807) is 0 Å². The van der Waals surface area contributed by atoms with Crippen molar-refractivity contribution in [1.29, 1.82) is 0 Å². The highest BCUT2D eigenvalue weighted by Gasteiger charge is 2.11. The number of benzene rings is 1. The lowest BCUT2D eigenvalue weighted by atomic mass is 10.1. The van der Waals surface area contributed by atoms with E-state index in [9.17, 15) is 0 Å². The van der Waals surface area contributed by atoms with Gasteiger partial charge in [0.25, 0.3) is 0 Å². The second-order valence-electron chi connectivity index (χ2n) is 2.92. The van der Waals surface area contributed by atoms with Crippen LogP contribution in [0, 0.1) is 0 Å². The van der Waals surface area contributed by atoms with Crippen molar-refractivity contribution in [3.63, 3.8) is 0 Å². The van der Waals surface area contributed by atoms with Gasteiger partial charge >= 0.3 is 0 Å². The maximum Gasteiger partial charge on any atom is 0.142 e. The molecule has 0 radical (unpaired) electrons. The monoisotopic (exact) mass is 193 g/mol. The van der Waals surface area contributed by atoms with Gasteiger partial charge in [-0.1, -0.05) is 32.9 Å². The summed E-state index contributed by atoms with van der Waals surface area (Å²) < 4.78 is 5.50. The molecule has 1 heterocycles. The number of aryl methyl sites for hydroxylation is 1. The van der Waals surface area contributed by atoms with Crippen LogP contribution >= 0.6 is 0 Å². The fourth-order valence-electron chi connectivity index (χ4n) is 1.53. The third-order valence-corrected chi connectivity index (χ3v) is 2.15. The highest BCUT2D eigenvalue weighted by atomic mass is 16.5. The third-order valence-electron chi connectivity index (χ3n) is 2.15. The summed E-state index contributed by atoms with van der Waals surface area (Å²) >= 11 is 0. The van der Waals surface area contributed by atoms with Gasteiger partial charge in [0.1, 0.15) is 12.4 Å². The Hall–Kier alpha value is -1.18. The second-order valence-corrected chi connectivity index (χ2v) is 2.92. The minimum Gasteiger partial charge on any atom is -0.490 e. The van der Waals surface area contributed by atoms with E-state index in [0.29, 0.717) is 0 Å². The molecule has 1 aliphatic heterocycles. The lowest BCUT2D eigenvalue weighted by Crippen LogP contribution is -2.19. The lowest BCUT2D eigenvalue weighted by molar-refractivity contribution is 0.323. The number of nitrogens with one attached hydrogen (secondary N) is 1. The summed E-state index contributed by atoms with van der Waals surface area (Å²) in [7, 11) is 0. The quantitative estimate of drug-likeness (QED) is 0.740. The largest absolute Gasteiger partial charge is 0.490 e.